The second-order valence-electron chi connectivity index (χ2n) is 7.48. The van der Waals surface area contributed by atoms with Crippen LogP contribution >= 0.6 is 0 Å². The number of hydrogen-bond donors (Lipinski definition) is 1. The maximum absolute atomic E-state index is 13.2. The highest BCUT2D eigenvalue weighted by Gasteiger charge is 2.39. The number of furan rings is 1. The van der Waals surface area contributed by atoms with Crippen molar-refractivity contribution in [1.82, 2.24) is 14.8 Å². The van der Waals surface area contributed by atoms with E-state index in [0.717, 1.165) is 28.3 Å². The van der Waals surface area contributed by atoms with E-state index in [1.807, 2.05) is 26.2 Å². The van der Waals surface area contributed by atoms with E-state index in [-0.39, 0.29) is 17.7 Å². The number of aromatic nitrogens is 3. The second-order valence-corrected chi connectivity index (χ2v) is 7.48. The van der Waals surface area contributed by atoms with Gasteiger partial charge in [-0.1, -0.05) is 12.1 Å². The van der Waals surface area contributed by atoms with Crippen LogP contribution in [0.25, 0.3) is 0 Å². The van der Waals surface area contributed by atoms with E-state index in [4.69, 9.17) is 4.42 Å². The molecule has 0 spiro atoms. The average molecular weight is 375 g/mol. The number of carbonyl (C=O) groups excluding carboxylic acids is 1. The quantitative estimate of drug-likeness (QED) is 0.757. The minimum Gasteiger partial charge on any atom is -0.469 e. The fourth-order valence-corrected chi connectivity index (χ4v) is 4.14. The smallest absolute Gasteiger partial charge is 0.226 e. The van der Waals surface area contributed by atoms with Crippen molar-refractivity contribution in [3.05, 3.63) is 71.6 Å². The molecule has 7 nitrogen and oxygen atoms in total. The number of anilines is 2. The summed E-state index contributed by atoms with van der Waals surface area (Å²) >= 11 is 0. The first-order chi connectivity index (χ1) is 13.6. The predicted octanol–water partition coefficient (Wildman–Crippen LogP) is 3.35. The Morgan fingerprint density at radius 2 is 2.00 bits per heavy atom. The first-order valence-electron chi connectivity index (χ1n) is 9.35. The lowest BCUT2D eigenvalue weighted by Crippen LogP contribution is -2.33. The predicted molar refractivity (Wildman–Crippen MR) is 105 cm³/mol. The van der Waals surface area contributed by atoms with Gasteiger partial charge in [0.2, 0.25) is 5.95 Å². The molecule has 1 N–H and O–H groups in total. The van der Waals surface area contributed by atoms with Crippen LogP contribution in [0.2, 0.25) is 0 Å². The Morgan fingerprint density at radius 3 is 2.71 bits per heavy atom. The SMILES string of the molecule is CN(C)c1ccc([C@H]2C3=C(C[C@H](c4ccco4)CC3=O)Nc3ncnn32)cc1. The van der Waals surface area contributed by atoms with Crippen LogP contribution in [0.1, 0.15) is 36.1 Å². The number of allylic oxidation sites excluding steroid dienone is 2. The molecule has 2 aliphatic rings. The zero-order valence-corrected chi connectivity index (χ0v) is 15.8. The summed E-state index contributed by atoms with van der Waals surface area (Å²) in [5.41, 5.74) is 3.83. The van der Waals surface area contributed by atoms with Crippen molar-refractivity contribution < 1.29 is 9.21 Å². The molecule has 142 valence electrons. The third kappa shape index (κ3) is 2.62. The molecule has 3 heterocycles. The van der Waals surface area contributed by atoms with Crippen LogP contribution < -0.4 is 10.2 Å². The molecular weight excluding hydrogens is 354 g/mol. The van der Waals surface area contributed by atoms with E-state index in [1.54, 1.807) is 10.9 Å². The van der Waals surface area contributed by atoms with Gasteiger partial charge in [-0.05, 0) is 36.2 Å². The van der Waals surface area contributed by atoms with E-state index in [2.05, 4.69) is 44.6 Å². The van der Waals surface area contributed by atoms with Gasteiger partial charge in [-0.15, -0.1) is 0 Å². The number of rotatable bonds is 3. The van der Waals surface area contributed by atoms with Crippen molar-refractivity contribution in [3.8, 4) is 0 Å². The van der Waals surface area contributed by atoms with Gasteiger partial charge in [0, 0.05) is 43.4 Å². The Hall–Kier alpha value is -3.35. The van der Waals surface area contributed by atoms with E-state index < -0.39 is 0 Å². The van der Waals surface area contributed by atoms with Gasteiger partial charge in [-0.3, -0.25) is 4.79 Å². The molecule has 5 rings (SSSR count). The molecule has 0 saturated heterocycles. The molecule has 28 heavy (non-hydrogen) atoms. The summed E-state index contributed by atoms with van der Waals surface area (Å²) < 4.78 is 7.36. The van der Waals surface area contributed by atoms with Gasteiger partial charge < -0.3 is 14.6 Å². The minimum atomic E-state index is -0.269. The number of carbonyl (C=O) groups is 1. The summed E-state index contributed by atoms with van der Waals surface area (Å²) in [6.07, 6.45) is 4.33. The molecule has 2 atom stereocenters. The van der Waals surface area contributed by atoms with Crippen molar-refractivity contribution in [2.75, 3.05) is 24.3 Å². The first-order valence-corrected chi connectivity index (χ1v) is 9.35. The number of benzene rings is 1. The molecule has 7 heteroatoms. The third-order valence-electron chi connectivity index (χ3n) is 5.53. The van der Waals surface area contributed by atoms with Gasteiger partial charge in [0.05, 0.1) is 6.26 Å². The molecule has 1 aliphatic carbocycles. The molecule has 1 aliphatic heterocycles. The Kier molecular flexibility index (Phi) is 3.82. The Labute approximate surface area is 162 Å². The van der Waals surface area contributed by atoms with Crippen molar-refractivity contribution in [2.45, 2.75) is 24.8 Å². The van der Waals surface area contributed by atoms with Crippen LogP contribution in [0.5, 0.6) is 0 Å². The van der Waals surface area contributed by atoms with Gasteiger partial charge in [0.15, 0.2) is 5.78 Å². The number of fused-ring (bicyclic) bond motifs is 1. The topological polar surface area (TPSA) is 76.2 Å². The summed E-state index contributed by atoms with van der Waals surface area (Å²) in [5.74, 6) is 1.67. The molecule has 0 radical (unpaired) electrons. The monoisotopic (exact) mass is 375 g/mol. The summed E-state index contributed by atoms with van der Waals surface area (Å²) in [6, 6.07) is 11.8. The Morgan fingerprint density at radius 1 is 1.18 bits per heavy atom. The van der Waals surface area contributed by atoms with Crippen molar-refractivity contribution in [1.29, 1.82) is 0 Å². The summed E-state index contributed by atoms with van der Waals surface area (Å²) in [5, 5.41) is 7.72. The highest BCUT2D eigenvalue weighted by atomic mass is 16.3. The normalized spacial score (nSPS) is 21.1. The summed E-state index contributed by atoms with van der Waals surface area (Å²) in [6.45, 7) is 0. The van der Waals surface area contributed by atoms with Crippen LogP contribution in [-0.4, -0.2) is 34.6 Å². The van der Waals surface area contributed by atoms with E-state index in [0.29, 0.717) is 18.8 Å². The van der Waals surface area contributed by atoms with E-state index >= 15 is 0 Å². The zero-order chi connectivity index (χ0) is 19.3. The highest BCUT2D eigenvalue weighted by Crippen LogP contribution is 2.43. The molecule has 1 aromatic carbocycles. The number of hydrogen-bond acceptors (Lipinski definition) is 6. The Bertz CT molecular complexity index is 1050. The van der Waals surface area contributed by atoms with Crippen LogP contribution in [0.15, 0.2) is 64.7 Å². The maximum Gasteiger partial charge on any atom is 0.226 e. The second kappa shape index (κ2) is 6.37. The van der Waals surface area contributed by atoms with Crippen molar-refractivity contribution in [2.24, 2.45) is 0 Å². The third-order valence-corrected chi connectivity index (χ3v) is 5.53. The van der Waals surface area contributed by atoms with Crippen molar-refractivity contribution in [3.63, 3.8) is 0 Å². The average Bonchev–Trinajstić information content (AvgIpc) is 3.38. The van der Waals surface area contributed by atoms with Gasteiger partial charge in [-0.25, -0.2) is 4.68 Å². The number of nitrogens with one attached hydrogen (secondary N) is 1. The molecular formula is C21H21N5O2. The fourth-order valence-electron chi connectivity index (χ4n) is 4.14. The van der Waals surface area contributed by atoms with Gasteiger partial charge in [0.25, 0.3) is 0 Å². The molecule has 3 aromatic rings. The summed E-state index contributed by atoms with van der Waals surface area (Å²) in [4.78, 5) is 19.6. The minimum absolute atomic E-state index is 0.0417. The number of Topliss-reactive ketones (excluding diaryl/α,β-unsaturated/α-hetero) is 1. The largest absolute Gasteiger partial charge is 0.469 e. The fraction of sp³-hybridized carbons (Fsp3) is 0.286. The zero-order valence-electron chi connectivity index (χ0n) is 15.8. The van der Waals surface area contributed by atoms with Crippen LogP contribution in [0.3, 0.4) is 0 Å². The van der Waals surface area contributed by atoms with E-state index in [1.165, 1.54) is 6.33 Å². The standard InChI is InChI=1S/C21H21N5O2/c1-25(2)15-7-5-13(6-8-15)20-19-16(24-21-22-12-23-26(20)21)10-14(11-17(19)27)18-4-3-9-28-18/h3-9,12,14,20H,10-11H2,1-2H3,(H,22,23,24)/t14-,20-/m0/s1. The number of ketones is 1. The highest BCUT2D eigenvalue weighted by molar-refractivity contribution is 6.00. The molecule has 0 saturated carbocycles. The molecule has 0 fully saturated rings. The van der Waals surface area contributed by atoms with Crippen LogP contribution in [0, 0.1) is 0 Å². The maximum atomic E-state index is 13.2. The van der Waals surface area contributed by atoms with Crippen LogP contribution in [0.4, 0.5) is 11.6 Å². The van der Waals surface area contributed by atoms with Gasteiger partial charge in [-0.2, -0.15) is 10.1 Å². The molecule has 0 amide bonds. The molecule has 2 aromatic heterocycles. The van der Waals surface area contributed by atoms with Gasteiger partial charge in [0.1, 0.15) is 18.1 Å². The lowest BCUT2D eigenvalue weighted by atomic mass is 9.79. The summed E-state index contributed by atoms with van der Waals surface area (Å²) in [7, 11) is 4.02. The molecule has 0 unspecified atom stereocenters. The van der Waals surface area contributed by atoms with E-state index in [9.17, 15) is 4.79 Å². The Balaban J connectivity index is 1.58. The number of nitrogens with zero attached hydrogens (tertiary/aromatic N) is 4. The first kappa shape index (κ1) is 16.8. The lowest BCUT2D eigenvalue weighted by Gasteiger charge is -2.34. The molecule has 0 bridgehead atoms. The van der Waals surface area contributed by atoms with Crippen LogP contribution in [-0.2, 0) is 4.79 Å². The van der Waals surface area contributed by atoms with Gasteiger partial charge >= 0.3 is 0 Å². The lowest BCUT2D eigenvalue weighted by molar-refractivity contribution is -0.117. The van der Waals surface area contributed by atoms with Crippen molar-refractivity contribution >= 4 is 17.4 Å².